The highest BCUT2D eigenvalue weighted by atomic mass is 33.5. The number of rotatable bonds is 3. The van der Waals surface area contributed by atoms with Crippen LogP contribution in [0.5, 0.6) is 0 Å². The first-order valence-corrected chi connectivity index (χ1v) is 78.1. The Morgan fingerprint density at radius 1 is 0.439 bits per heavy atom. The Morgan fingerprint density at radius 2 is 0.667 bits per heavy atom. The Kier molecular flexibility index (Phi) is 66.2. The standard InChI is InChI=1S/C13H19NO3S.S48/c1-10(2)8-12-9-13(14-18(15,16)17-12)11-6-4-3-5-7-11;1-3-5-7-9-11-13-15-17-19-21-23-25-27-29-31-33-35-37-39-41-43-45-47-48-46-44-42-40-38-36-34-32-30-28-26-24-22-20-18-16-14-12-10-8-6-4-2/h3-7,10,12-14H,8-9H2,1-2H3;. The fraction of sp³-hybridized carbons (Fsp3) is 0.538. The molecule has 0 amide bonds. The summed E-state index contributed by atoms with van der Waals surface area (Å²) in [7, 11) is 78.4. The number of nitrogens with one attached hydrogen (secondary N) is 1. The van der Waals surface area contributed by atoms with E-state index >= 15 is 0 Å². The molecule has 1 fully saturated rings. The van der Waals surface area contributed by atoms with Crippen molar-refractivity contribution in [3.63, 3.8) is 0 Å². The summed E-state index contributed by atoms with van der Waals surface area (Å²) in [5.74, 6) is 0.416. The SMILES string of the molecule is CC(C)CC1CC(c2ccccc2)NS(=O)(=O)O1.S=S=S=S=S=S=S=S=S=S=S=S=S=S=S=S=S=S=S=S=S=S=S=S=S=S=S=S=S=S=S=S=S=S=S=S=S=S=S=S=S=S=S=S=S=S=S=S. The number of hydrogen-bond acceptors (Lipinski definition) is 5. The van der Waals surface area contributed by atoms with E-state index in [1.54, 1.807) is 107 Å². The van der Waals surface area contributed by atoms with E-state index < -0.39 is 10.3 Å². The lowest BCUT2D eigenvalue weighted by Gasteiger charge is -2.30. The van der Waals surface area contributed by atoms with Crippen molar-refractivity contribution < 1.29 is 12.6 Å². The van der Waals surface area contributed by atoms with Gasteiger partial charge in [0.2, 0.25) is 0 Å². The average molecular weight is 1810 g/mol. The second-order valence-corrected chi connectivity index (χ2v) is 91.0. The van der Waals surface area contributed by atoms with Crippen molar-refractivity contribution in [1.29, 1.82) is 0 Å². The Balaban J connectivity index is 0.000000992. The first-order chi connectivity index (χ1) is 32.4. The van der Waals surface area contributed by atoms with Crippen molar-refractivity contribution >= 4 is 441 Å². The maximum absolute atomic E-state index is 11.7. The molecule has 0 spiro atoms. The zero-order valence-corrected chi connectivity index (χ0v) is 70.3. The van der Waals surface area contributed by atoms with Gasteiger partial charge in [0.1, 0.15) is 0 Å². The third kappa shape index (κ3) is 54.2. The molecule has 1 N–H and O–H groups in total. The predicted octanol–water partition coefficient (Wildman–Crippen LogP) is 2.28. The molecule has 1 aliphatic rings. The minimum atomic E-state index is -3.62. The molecule has 0 aromatic heterocycles. The van der Waals surface area contributed by atoms with E-state index in [0.29, 0.717) is 12.3 Å². The summed E-state index contributed by atoms with van der Waals surface area (Å²) in [6.45, 7) is 4.13. The minimum absolute atomic E-state index is 0.186. The zero-order valence-electron chi connectivity index (χ0n) is 30.3. The zero-order chi connectivity index (χ0) is 47.7. The third-order valence-electron chi connectivity index (χ3n) is 4.23. The summed E-state index contributed by atoms with van der Waals surface area (Å²) in [6.07, 6.45) is 1.20. The molecule has 2 atom stereocenters. The molecule has 0 aliphatic carbocycles. The summed E-state index contributed by atoms with van der Waals surface area (Å²) in [5.41, 5.74) is 0.984. The van der Waals surface area contributed by atoms with Crippen LogP contribution in [0.4, 0.5) is 0 Å². The molecule has 53 heteroatoms. The van der Waals surface area contributed by atoms with Crippen molar-refractivity contribution in [2.45, 2.75) is 38.8 Å². The molecule has 1 heterocycles. The van der Waals surface area contributed by atoms with Gasteiger partial charge in [-0.25, -0.2) is 0 Å². The van der Waals surface area contributed by atoms with Gasteiger partial charge in [0, 0.05) is 431 Å². The average Bonchev–Trinajstić information content (AvgIpc) is 3.30. The smallest absolute Gasteiger partial charge is 0.255 e. The molecule has 1 aromatic carbocycles. The molecule has 2 rings (SSSR count). The first-order valence-electron chi connectivity index (χ1n) is 14.0. The van der Waals surface area contributed by atoms with E-state index in [1.807, 2.05) is 315 Å². The normalized spacial score (nSPS) is 13.1. The van der Waals surface area contributed by atoms with Gasteiger partial charge >= 0.3 is 10.3 Å². The molecule has 66 heavy (non-hydrogen) atoms. The Hall–Kier alpha value is 9.65. The summed E-state index contributed by atoms with van der Waals surface area (Å²) in [6, 6.07) is 9.43. The van der Waals surface area contributed by atoms with Gasteiger partial charge < -0.3 is 0 Å². The van der Waals surface area contributed by atoms with Crippen molar-refractivity contribution in [2.75, 3.05) is 0 Å². The monoisotopic (exact) mass is 1800 g/mol. The predicted molar refractivity (Wildman–Crippen MR) is 424 cm³/mol. The molecule has 4 nitrogen and oxygen atoms in total. The van der Waals surface area contributed by atoms with Gasteiger partial charge in [-0.05, 0) is 24.3 Å². The van der Waals surface area contributed by atoms with Gasteiger partial charge in [-0.1, -0.05) is 44.2 Å². The first kappa shape index (κ1) is 73.7. The second kappa shape index (κ2) is 59.3. The van der Waals surface area contributed by atoms with Crippen LogP contribution in [0.25, 0.3) is 0 Å². The van der Waals surface area contributed by atoms with Crippen LogP contribution in [-0.2, 0) is 445 Å². The quantitative estimate of drug-likeness (QED) is 0.505. The van der Waals surface area contributed by atoms with Crippen LogP contribution >= 0.6 is 0 Å². The van der Waals surface area contributed by atoms with Gasteiger partial charge in [0.05, 0.1) is 12.1 Å². The van der Waals surface area contributed by atoms with E-state index in [0.717, 1.165) is 12.0 Å². The molecule has 1 saturated heterocycles. The van der Waals surface area contributed by atoms with Crippen molar-refractivity contribution in [1.82, 2.24) is 4.72 Å². The van der Waals surface area contributed by atoms with Crippen LogP contribution in [-0.4, -0.2) is 14.5 Å². The molecular weight excluding hydrogens is 1790 g/mol. The minimum Gasteiger partial charge on any atom is -0.255 e. The van der Waals surface area contributed by atoms with Crippen LogP contribution in [0.1, 0.15) is 38.3 Å². The van der Waals surface area contributed by atoms with E-state index in [2.05, 4.69) is 18.6 Å². The molecule has 1 aliphatic heterocycles. The van der Waals surface area contributed by atoms with Crippen LogP contribution in [0.3, 0.4) is 0 Å². The highest BCUT2D eigenvalue weighted by Gasteiger charge is 2.32. The van der Waals surface area contributed by atoms with E-state index in [4.69, 9.17) is 26.6 Å². The van der Waals surface area contributed by atoms with Gasteiger partial charge in [-0.3, -0.25) is 4.18 Å². The maximum Gasteiger partial charge on any atom is 0.336 e. The Morgan fingerprint density at radius 3 is 0.879 bits per heavy atom. The topological polar surface area (TPSA) is 55.4 Å². The highest BCUT2D eigenvalue weighted by Crippen LogP contribution is 2.29. The Bertz CT molecular complexity index is 3930. The lowest BCUT2D eigenvalue weighted by Crippen LogP contribution is -2.41. The van der Waals surface area contributed by atoms with Crippen molar-refractivity contribution in [2.24, 2.45) is 5.92 Å². The van der Waals surface area contributed by atoms with Gasteiger partial charge in [-0.2, -0.15) is 13.1 Å². The van der Waals surface area contributed by atoms with Crippen LogP contribution in [0.15, 0.2) is 30.3 Å². The largest absolute Gasteiger partial charge is 0.336 e. The molecule has 0 saturated carbocycles. The van der Waals surface area contributed by atoms with E-state index in [9.17, 15) is 8.42 Å². The van der Waals surface area contributed by atoms with Crippen molar-refractivity contribution in [3.8, 4) is 0 Å². The lowest BCUT2D eigenvalue weighted by atomic mass is 9.96. The van der Waals surface area contributed by atoms with Gasteiger partial charge in [-0.15, -0.1) is 0 Å². The van der Waals surface area contributed by atoms with Crippen LogP contribution < -0.4 is 4.72 Å². The molecular formula is C13H19NO3S49. The maximum atomic E-state index is 11.7. The molecule has 388 valence electrons. The summed E-state index contributed by atoms with van der Waals surface area (Å²) in [5, 5.41) is 0. The fourth-order valence-corrected chi connectivity index (χ4v) is 125. The highest BCUT2D eigenvalue weighted by molar-refractivity contribution is 8.82. The second-order valence-electron chi connectivity index (χ2n) is 8.25. The lowest BCUT2D eigenvalue weighted by molar-refractivity contribution is 0.135. The summed E-state index contributed by atoms with van der Waals surface area (Å²) in [4.78, 5) is 0. The summed E-state index contributed by atoms with van der Waals surface area (Å²) < 4.78 is 31.0. The van der Waals surface area contributed by atoms with Crippen LogP contribution in [0, 0.1) is 5.92 Å². The van der Waals surface area contributed by atoms with E-state index in [1.165, 1.54) is 17.8 Å². The summed E-state index contributed by atoms with van der Waals surface area (Å²) >= 11 is 9.62. The van der Waals surface area contributed by atoms with Crippen LogP contribution in [0.2, 0.25) is 0 Å². The molecule has 2 unspecified atom stereocenters. The van der Waals surface area contributed by atoms with Gasteiger partial charge in [0.15, 0.2) is 0 Å². The molecule has 0 bridgehead atoms. The fourth-order valence-electron chi connectivity index (χ4n) is 2.78. The Labute approximate surface area is 525 Å². The van der Waals surface area contributed by atoms with E-state index in [-0.39, 0.29) is 12.1 Å². The van der Waals surface area contributed by atoms with Gasteiger partial charge in [0.25, 0.3) is 0 Å². The third-order valence-corrected chi connectivity index (χ3v) is 105. The van der Waals surface area contributed by atoms with Crippen molar-refractivity contribution in [3.05, 3.63) is 35.9 Å². The number of benzene rings is 1. The number of hydrogen-bond donors (Lipinski definition) is 1. The molecule has 1 aromatic rings. The molecule has 0 radical (unpaired) electrons.